The Labute approximate surface area is 155 Å². The van der Waals surface area contributed by atoms with Crippen molar-refractivity contribution in [1.29, 1.82) is 5.26 Å². The summed E-state index contributed by atoms with van der Waals surface area (Å²) in [6.07, 6.45) is 12.4. The predicted molar refractivity (Wildman–Crippen MR) is 108 cm³/mol. The Morgan fingerprint density at radius 2 is 1.64 bits per heavy atom. The number of hydrogen-bond acceptors (Lipinski definition) is 2. The highest BCUT2D eigenvalue weighted by Gasteiger charge is 2.33. The minimum atomic E-state index is -1.44. The highest BCUT2D eigenvalue weighted by atomic mass is 28.4. The number of nitrogens with zero attached hydrogens (tertiary/aromatic N) is 1. The number of hydrogen-bond donors (Lipinski definition) is 0. The third kappa shape index (κ3) is 7.34. The van der Waals surface area contributed by atoms with Crippen molar-refractivity contribution >= 4 is 8.32 Å². The van der Waals surface area contributed by atoms with E-state index in [1.807, 2.05) is 0 Å². The Balaban J connectivity index is 1.87. The first-order valence-electron chi connectivity index (χ1n) is 10.0. The predicted octanol–water partition coefficient (Wildman–Crippen LogP) is 6.62. The van der Waals surface area contributed by atoms with Gasteiger partial charge in [-0.15, -0.1) is 0 Å². The summed E-state index contributed by atoms with van der Waals surface area (Å²) in [6.45, 7) is 7.46. The van der Waals surface area contributed by atoms with Crippen LogP contribution in [-0.2, 0) is 17.5 Å². The number of nitriles is 1. The molecule has 0 atom stereocenters. The molecule has 25 heavy (non-hydrogen) atoms. The molecule has 0 N–H and O–H groups in total. The van der Waals surface area contributed by atoms with Crippen LogP contribution in [0.2, 0.25) is 19.6 Å². The van der Waals surface area contributed by atoms with Crippen LogP contribution in [0.3, 0.4) is 0 Å². The molecule has 1 saturated carbocycles. The molecule has 0 spiro atoms. The lowest BCUT2D eigenvalue weighted by atomic mass is 9.76. The Morgan fingerprint density at radius 3 is 2.24 bits per heavy atom. The topological polar surface area (TPSA) is 33.0 Å². The van der Waals surface area contributed by atoms with Gasteiger partial charge >= 0.3 is 0 Å². The molecule has 2 nitrogen and oxygen atoms in total. The molecule has 0 radical (unpaired) electrons. The lowest BCUT2D eigenvalue weighted by Gasteiger charge is -2.29. The van der Waals surface area contributed by atoms with Crippen LogP contribution < -0.4 is 0 Å². The van der Waals surface area contributed by atoms with Gasteiger partial charge in [0.15, 0.2) is 8.32 Å². The lowest BCUT2D eigenvalue weighted by Crippen LogP contribution is -2.24. The molecule has 0 aromatic heterocycles. The van der Waals surface area contributed by atoms with E-state index in [9.17, 15) is 0 Å². The minimum absolute atomic E-state index is 0.517. The van der Waals surface area contributed by atoms with E-state index in [0.29, 0.717) is 11.8 Å². The monoisotopic (exact) mass is 357 g/mol. The van der Waals surface area contributed by atoms with E-state index in [-0.39, 0.29) is 0 Å². The van der Waals surface area contributed by atoms with Crippen LogP contribution in [0.4, 0.5) is 0 Å². The Bertz CT molecular complexity index is 547. The zero-order valence-corrected chi connectivity index (χ0v) is 17.4. The molecule has 0 unspecified atom stereocenters. The van der Waals surface area contributed by atoms with E-state index in [4.69, 9.17) is 9.69 Å². The normalized spacial score (nSPS) is 16.7. The highest BCUT2D eigenvalue weighted by Crippen LogP contribution is 2.45. The van der Waals surface area contributed by atoms with Crippen LogP contribution >= 0.6 is 0 Å². The molecule has 3 heteroatoms. The SMILES string of the molecule is C[Si](C)(C)OCc1ccc(CC2(CCCCCC#N)CCCC2)cc1. The van der Waals surface area contributed by atoms with Crippen LogP contribution in [0.5, 0.6) is 0 Å². The zero-order valence-electron chi connectivity index (χ0n) is 16.4. The molecule has 1 aromatic rings. The van der Waals surface area contributed by atoms with Gasteiger partial charge in [-0.3, -0.25) is 0 Å². The molecule has 138 valence electrons. The lowest BCUT2D eigenvalue weighted by molar-refractivity contribution is 0.258. The maximum atomic E-state index is 8.67. The highest BCUT2D eigenvalue weighted by molar-refractivity contribution is 6.69. The maximum absolute atomic E-state index is 8.67. The van der Waals surface area contributed by atoms with Gasteiger partial charge in [0.2, 0.25) is 0 Å². The summed E-state index contributed by atoms with van der Waals surface area (Å²) in [5.74, 6) is 0. The van der Waals surface area contributed by atoms with Crippen molar-refractivity contribution in [3.63, 3.8) is 0 Å². The summed E-state index contributed by atoms with van der Waals surface area (Å²) in [5.41, 5.74) is 3.29. The van der Waals surface area contributed by atoms with Gasteiger partial charge in [-0.1, -0.05) is 49.9 Å². The van der Waals surface area contributed by atoms with Crippen LogP contribution in [0.15, 0.2) is 24.3 Å². The van der Waals surface area contributed by atoms with E-state index in [0.717, 1.165) is 13.0 Å². The van der Waals surface area contributed by atoms with Crippen molar-refractivity contribution in [2.24, 2.45) is 5.41 Å². The van der Waals surface area contributed by atoms with Gasteiger partial charge < -0.3 is 4.43 Å². The summed E-state index contributed by atoms with van der Waals surface area (Å²) in [6, 6.07) is 11.4. The molecule has 0 saturated heterocycles. The van der Waals surface area contributed by atoms with E-state index >= 15 is 0 Å². The van der Waals surface area contributed by atoms with Gasteiger partial charge in [-0.05, 0) is 68.3 Å². The maximum Gasteiger partial charge on any atom is 0.184 e. The molecule has 0 bridgehead atoms. The summed E-state index contributed by atoms with van der Waals surface area (Å²) in [5, 5.41) is 8.67. The molecule has 1 aliphatic rings. The molecule has 0 heterocycles. The Kier molecular flexibility index (Phi) is 7.72. The van der Waals surface area contributed by atoms with Gasteiger partial charge in [0.25, 0.3) is 0 Å². The average molecular weight is 358 g/mol. The number of unbranched alkanes of at least 4 members (excludes halogenated alkanes) is 3. The third-order valence-electron chi connectivity index (χ3n) is 5.43. The molecule has 2 rings (SSSR count). The third-order valence-corrected chi connectivity index (χ3v) is 6.44. The first-order chi connectivity index (χ1) is 11.9. The van der Waals surface area contributed by atoms with Crippen LogP contribution in [-0.4, -0.2) is 8.32 Å². The number of benzene rings is 1. The molecular formula is C22H35NOSi. The molecular weight excluding hydrogens is 322 g/mol. The van der Waals surface area contributed by atoms with Gasteiger partial charge in [-0.2, -0.15) is 5.26 Å². The van der Waals surface area contributed by atoms with E-state index < -0.39 is 8.32 Å². The Morgan fingerprint density at radius 1 is 1.00 bits per heavy atom. The van der Waals surface area contributed by atoms with Crippen molar-refractivity contribution in [3.05, 3.63) is 35.4 Å². The molecule has 1 fully saturated rings. The van der Waals surface area contributed by atoms with Crippen molar-refractivity contribution in [2.45, 2.75) is 90.5 Å². The summed E-state index contributed by atoms with van der Waals surface area (Å²) < 4.78 is 6.01. The fourth-order valence-electron chi connectivity index (χ4n) is 4.01. The van der Waals surface area contributed by atoms with E-state index in [1.165, 1.54) is 62.5 Å². The molecule has 1 aromatic carbocycles. The van der Waals surface area contributed by atoms with E-state index in [2.05, 4.69) is 50.0 Å². The molecule has 0 aliphatic heterocycles. The average Bonchev–Trinajstić information content (AvgIpc) is 3.02. The van der Waals surface area contributed by atoms with Crippen molar-refractivity contribution in [2.75, 3.05) is 0 Å². The summed E-state index contributed by atoms with van der Waals surface area (Å²) in [4.78, 5) is 0. The standard InChI is InChI=1S/C22H35NOSi/c1-25(2,3)24-19-21-12-10-20(11-13-21)18-22(15-7-8-16-22)14-6-4-5-9-17-23/h10-13H,4-9,14-16,18-19H2,1-3H3. The largest absolute Gasteiger partial charge is 0.413 e. The van der Waals surface area contributed by atoms with Crippen molar-refractivity contribution in [3.8, 4) is 6.07 Å². The van der Waals surface area contributed by atoms with Gasteiger partial charge in [0, 0.05) is 6.42 Å². The van der Waals surface area contributed by atoms with Crippen molar-refractivity contribution in [1.82, 2.24) is 0 Å². The van der Waals surface area contributed by atoms with Crippen LogP contribution in [0.1, 0.15) is 68.9 Å². The van der Waals surface area contributed by atoms with Gasteiger partial charge in [0.1, 0.15) is 0 Å². The first kappa shape index (κ1) is 20.2. The molecule has 0 amide bonds. The fraction of sp³-hybridized carbons (Fsp3) is 0.682. The van der Waals surface area contributed by atoms with Gasteiger partial charge in [0.05, 0.1) is 12.7 Å². The minimum Gasteiger partial charge on any atom is -0.413 e. The summed E-state index contributed by atoms with van der Waals surface area (Å²) in [7, 11) is -1.44. The second-order valence-electron chi connectivity index (χ2n) is 8.82. The van der Waals surface area contributed by atoms with Crippen LogP contribution in [0, 0.1) is 16.7 Å². The Hall–Kier alpha value is -1.11. The fourth-order valence-corrected chi connectivity index (χ4v) is 4.61. The summed E-state index contributed by atoms with van der Waals surface area (Å²) >= 11 is 0. The smallest absolute Gasteiger partial charge is 0.184 e. The molecule has 1 aliphatic carbocycles. The quantitative estimate of drug-likeness (QED) is 0.348. The first-order valence-corrected chi connectivity index (χ1v) is 13.4. The number of rotatable bonds is 10. The second-order valence-corrected chi connectivity index (χ2v) is 13.3. The van der Waals surface area contributed by atoms with Gasteiger partial charge in [-0.25, -0.2) is 0 Å². The van der Waals surface area contributed by atoms with Crippen LogP contribution in [0.25, 0.3) is 0 Å². The van der Waals surface area contributed by atoms with E-state index in [1.54, 1.807) is 0 Å². The van der Waals surface area contributed by atoms with Crippen molar-refractivity contribution < 1.29 is 4.43 Å². The zero-order chi connectivity index (χ0) is 18.2. The second kappa shape index (κ2) is 9.55.